The van der Waals surface area contributed by atoms with Crippen molar-refractivity contribution >= 4 is 40.0 Å². The van der Waals surface area contributed by atoms with E-state index in [9.17, 15) is 12.8 Å². The summed E-state index contributed by atoms with van der Waals surface area (Å²) in [6.45, 7) is 5.79. The van der Waals surface area contributed by atoms with Crippen molar-refractivity contribution in [3.63, 3.8) is 0 Å². The summed E-state index contributed by atoms with van der Waals surface area (Å²) in [5.41, 5.74) is 7.23. The Morgan fingerprint density at radius 3 is 2.39 bits per heavy atom. The first kappa shape index (κ1) is 24.3. The van der Waals surface area contributed by atoms with E-state index in [1.54, 1.807) is 24.3 Å². The molecular formula is C19H26FIN4O2S. The van der Waals surface area contributed by atoms with Crippen LogP contribution in [0.4, 0.5) is 4.39 Å². The van der Waals surface area contributed by atoms with Gasteiger partial charge in [0.1, 0.15) is 5.82 Å². The average molecular weight is 520 g/mol. The standard InChI is InChI=1S/C19H25FN4O2S.HI/c1-3-24(4-2)19(21)22-13-16-8-6-10-18(12-16)27(25,26)23-14-15-7-5-9-17(20)11-15;/h5-12,23H,3-4,13-14H2,1-2H3,(H2,21,22);1H. The van der Waals surface area contributed by atoms with Gasteiger partial charge in [0.15, 0.2) is 5.96 Å². The van der Waals surface area contributed by atoms with E-state index in [2.05, 4.69) is 9.71 Å². The van der Waals surface area contributed by atoms with E-state index in [4.69, 9.17) is 5.73 Å². The second-order valence-corrected chi connectivity index (χ2v) is 7.72. The average Bonchev–Trinajstić information content (AvgIpc) is 2.66. The minimum Gasteiger partial charge on any atom is -0.370 e. The summed E-state index contributed by atoms with van der Waals surface area (Å²) in [5, 5.41) is 0. The Bertz CT molecular complexity index is 902. The van der Waals surface area contributed by atoms with Gasteiger partial charge < -0.3 is 10.6 Å². The maximum Gasteiger partial charge on any atom is 0.240 e. The summed E-state index contributed by atoms with van der Waals surface area (Å²) in [6, 6.07) is 12.3. The predicted molar refractivity (Wildman–Crippen MR) is 121 cm³/mol. The highest BCUT2D eigenvalue weighted by molar-refractivity contribution is 14.0. The van der Waals surface area contributed by atoms with Gasteiger partial charge >= 0.3 is 0 Å². The van der Waals surface area contributed by atoms with E-state index in [-0.39, 0.29) is 42.0 Å². The molecule has 0 atom stereocenters. The number of nitrogens with zero attached hydrogens (tertiary/aromatic N) is 2. The Hall–Kier alpha value is -1.72. The molecule has 0 heterocycles. The Labute approximate surface area is 183 Å². The zero-order valence-corrected chi connectivity index (χ0v) is 19.1. The Balaban J connectivity index is 0.00000392. The molecule has 154 valence electrons. The molecule has 0 fully saturated rings. The number of rotatable bonds is 8. The maximum absolute atomic E-state index is 13.2. The molecule has 0 saturated heterocycles. The van der Waals surface area contributed by atoms with Crippen molar-refractivity contribution in [2.45, 2.75) is 31.8 Å². The first-order chi connectivity index (χ1) is 12.9. The van der Waals surface area contributed by atoms with Crippen LogP contribution < -0.4 is 10.5 Å². The normalized spacial score (nSPS) is 11.8. The van der Waals surface area contributed by atoms with Crippen LogP contribution in [0.3, 0.4) is 0 Å². The molecular weight excluding hydrogens is 494 g/mol. The number of sulfonamides is 1. The Morgan fingerprint density at radius 1 is 1.11 bits per heavy atom. The lowest BCUT2D eigenvalue weighted by Gasteiger charge is -2.19. The third-order valence-electron chi connectivity index (χ3n) is 4.08. The van der Waals surface area contributed by atoms with Gasteiger partial charge in [-0.2, -0.15) is 0 Å². The molecule has 2 aromatic carbocycles. The van der Waals surface area contributed by atoms with Gasteiger partial charge in [0.25, 0.3) is 0 Å². The summed E-state index contributed by atoms with van der Waals surface area (Å²) in [4.78, 5) is 6.38. The van der Waals surface area contributed by atoms with Crippen LogP contribution in [0.5, 0.6) is 0 Å². The molecule has 0 amide bonds. The van der Waals surface area contributed by atoms with Crippen LogP contribution in [-0.4, -0.2) is 32.4 Å². The minimum absolute atomic E-state index is 0. The van der Waals surface area contributed by atoms with Crippen LogP contribution in [-0.2, 0) is 23.1 Å². The number of nitrogens with two attached hydrogens (primary N) is 1. The van der Waals surface area contributed by atoms with Gasteiger partial charge in [0, 0.05) is 19.6 Å². The smallest absolute Gasteiger partial charge is 0.240 e. The summed E-state index contributed by atoms with van der Waals surface area (Å²) in [6.07, 6.45) is 0. The third kappa shape index (κ3) is 7.02. The van der Waals surface area contributed by atoms with E-state index < -0.39 is 15.8 Å². The largest absolute Gasteiger partial charge is 0.370 e. The van der Waals surface area contributed by atoms with Gasteiger partial charge in [0.2, 0.25) is 10.0 Å². The molecule has 0 aliphatic carbocycles. The third-order valence-corrected chi connectivity index (χ3v) is 5.47. The monoisotopic (exact) mass is 520 g/mol. The van der Waals surface area contributed by atoms with Crippen LogP contribution in [0.15, 0.2) is 58.4 Å². The lowest BCUT2D eigenvalue weighted by molar-refractivity contribution is 0.458. The number of benzene rings is 2. The fourth-order valence-corrected chi connectivity index (χ4v) is 3.63. The Morgan fingerprint density at radius 2 is 1.75 bits per heavy atom. The van der Waals surface area contributed by atoms with Gasteiger partial charge in [-0.15, -0.1) is 24.0 Å². The summed E-state index contributed by atoms with van der Waals surface area (Å²) >= 11 is 0. The van der Waals surface area contributed by atoms with E-state index >= 15 is 0 Å². The summed E-state index contributed by atoms with van der Waals surface area (Å²) < 4.78 is 40.7. The van der Waals surface area contributed by atoms with Crippen molar-refractivity contribution in [3.8, 4) is 0 Å². The summed E-state index contributed by atoms with van der Waals surface area (Å²) in [5.74, 6) is 0.0230. The zero-order valence-electron chi connectivity index (χ0n) is 15.9. The highest BCUT2D eigenvalue weighted by atomic mass is 127. The Kier molecular flexibility index (Phi) is 9.83. The van der Waals surface area contributed by atoms with Crippen LogP contribution in [0.2, 0.25) is 0 Å². The topological polar surface area (TPSA) is 87.8 Å². The van der Waals surface area contributed by atoms with Gasteiger partial charge in [-0.05, 0) is 49.2 Å². The molecule has 3 N–H and O–H groups in total. The fourth-order valence-electron chi connectivity index (χ4n) is 2.54. The number of hydrogen-bond acceptors (Lipinski definition) is 3. The van der Waals surface area contributed by atoms with Crippen LogP contribution in [0, 0.1) is 5.82 Å². The molecule has 0 spiro atoms. The van der Waals surface area contributed by atoms with Crippen molar-refractivity contribution in [3.05, 3.63) is 65.5 Å². The van der Waals surface area contributed by atoms with Crippen molar-refractivity contribution in [2.75, 3.05) is 13.1 Å². The first-order valence-electron chi connectivity index (χ1n) is 8.73. The number of guanidine groups is 1. The van der Waals surface area contributed by atoms with Crippen molar-refractivity contribution in [1.29, 1.82) is 0 Å². The van der Waals surface area contributed by atoms with Crippen LogP contribution in [0.1, 0.15) is 25.0 Å². The number of hydrogen-bond donors (Lipinski definition) is 2. The highest BCUT2D eigenvalue weighted by Crippen LogP contribution is 2.13. The number of aliphatic imine (C=N–C) groups is 1. The first-order valence-corrected chi connectivity index (χ1v) is 10.2. The van der Waals surface area contributed by atoms with Crippen LogP contribution in [0.25, 0.3) is 0 Å². The molecule has 9 heteroatoms. The molecule has 6 nitrogen and oxygen atoms in total. The molecule has 0 aliphatic heterocycles. The molecule has 0 aromatic heterocycles. The summed E-state index contributed by atoms with van der Waals surface area (Å²) in [7, 11) is -3.72. The minimum atomic E-state index is -3.72. The maximum atomic E-state index is 13.2. The van der Waals surface area contributed by atoms with Crippen molar-refractivity contribution in [2.24, 2.45) is 10.7 Å². The molecule has 28 heavy (non-hydrogen) atoms. The van der Waals surface area contributed by atoms with Gasteiger partial charge in [0.05, 0.1) is 11.4 Å². The zero-order chi connectivity index (χ0) is 19.9. The molecule has 0 aliphatic rings. The van der Waals surface area contributed by atoms with E-state index in [1.807, 2.05) is 18.7 Å². The van der Waals surface area contributed by atoms with Gasteiger partial charge in [-0.1, -0.05) is 24.3 Å². The van der Waals surface area contributed by atoms with E-state index in [1.165, 1.54) is 24.3 Å². The quantitative estimate of drug-likeness (QED) is 0.318. The van der Waals surface area contributed by atoms with Crippen molar-refractivity contribution in [1.82, 2.24) is 9.62 Å². The lowest BCUT2D eigenvalue weighted by atomic mass is 10.2. The molecule has 0 unspecified atom stereocenters. The SMILES string of the molecule is CCN(CC)C(N)=NCc1cccc(S(=O)(=O)NCc2cccc(F)c2)c1.I. The number of halogens is 2. The van der Waals surface area contributed by atoms with Gasteiger partial charge in [-0.3, -0.25) is 0 Å². The molecule has 0 bridgehead atoms. The van der Waals surface area contributed by atoms with E-state index in [0.717, 1.165) is 18.7 Å². The molecule has 0 saturated carbocycles. The van der Waals surface area contributed by atoms with E-state index in [0.29, 0.717) is 11.5 Å². The molecule has 0 radical (unpaired) electrons. The fraction of sp³-hybridized carbons (Fsp3) is 0.316. The van der Waals surface area contributed by atoms with Crippen molar-refractivity contribution < 1.29 is 12.8 Å². The highest BCUT2D eigenvalue weighted by Gasteiger charge is 2.14. The van der Waals surface area contributed by atoms with Gasteiger partial charge in [-0.25, -0.2) is 22.5 Å². The second kappa shape index (κ2) is 11.3. The number of nitrogens with one attached hydrogen (secondary N) is 1. The predicted octanol–water partition coefficient (Wildman–Crippen LogP) is 3.08. The second-order valence-electron chi connectivity index (χ2n) is 5.95. The molecule has 2 rings (SSSR count). The van der Waals surface area contributed by atoms with Crippen LogP contribution >= 0.6 is 24.0 Å². The molecule has 2 aromatic rings. The lowest BCUT2D eigenvalue weighted by Crippen LogP contribution is -2.37.